The van der Waals surface area contributed by atoms with Crippen molar-refractivity contribution in [1.29, 1.82) is 0 Å². The Bertz CT molecular complexity index is 146. The molecule has 1 saturated heterocycles. The van der Waals surface area contributed by atoms with Crippen LogP contribution < -0.4 is 5.32 Å². The zero-order valence-corrected chi connectivity index (χ0v) is 9.45. The molecule has 1 fully saturated rings. The second-order valence-electron chi connectivity index (χ2n) is 3.68. The molecule has 80 valence electrons. The minimum absolute atomic E-state index is 0. The van der Waals surface area contributed by atoms with E-state index in [0.29, 0.717) is 6.04 Å². The molecular weight excluding hydrogens is 190 g/mol. The lowest BCUT2D eigenvalue weighted by molar-refractivity contribution is -0.00666. The summed E-state index contributed by atoms with van der Waals surface area (Å²) in [5.74, 6) is 0. The van der Waals surface area contributed by atoms with Gasteiger partial charge in [-0.05, 0) is 26.7 Å². The minimum Gasteiger partial charge on any atom is -0.385 e. The van der Waals surface area contributed by atoms with E-state index in [2.05, 4.69) is 19.2 Å². The Balaban J connectivity index is 0.00000144. The summed E-state index contributed by atoms with van der Waals surface area (Å²) < 4.78 is 10.6. The lowest BCUT2D eigenvalue weighted by Gasteiger charge is -2.23. The van der Waals surface area contributed by atoms with Crippen molar-refractivity contribution in [3.05, 3.63) is 0 Å². The molecule has 0 bridgehead atoms. The minimum atomic E-state index is -0.113. The molecule has 0 amide bonds. The van der Waals surface area contributed by atoms with Crippen molar-refractivity contribution >= 4 is 12.4 Å². The molecule has 0 aromatic heterocycles. The number of ether oxygens (including phenoxy) is 2. The van der Waals surface area contributed by atoms with Crippen LogP contribution in [0.2, 0.25) is 0 Å². The monoisotopic (exact) mass is 209 g/mol. The quantitative estimate of drug-likeness (QED) is 0.713. The summed E-state index contributed by atoms with van der Waals surface area (Å²) in [7, 11) is 1.73. The fourth-order valence-corrected chi connectivity index (χ4v) is 1.61. The van der Waals surface area contributed by atoms with E-state index < -0.39 is 0 Å². The first-order valence-electron chi connectivity index (χ1n) is 4.57. The van der Waals surface area contributed by atoms with Gasteiger partial charge in [-0.2, -0.15) is 0 Å². The van der Waals surface area contributed by atoms with Crippen LogP contribution in [-0.2, 0) is 9.47 Å². The van der Waals surface area contributed by atoms with E-state index >= 15 is 0 Å². The number of rotatable bonds is 4. The van der Waals surface area contributed by atoms with Crippen molar-refractivity contribution in [3.8, 4) is 0 Å². The maximum absolute atomic E-state index is 5.63. The lowest BCUT2D eigenvalue weighted by atomic mass is 10.1. The highest BCUT2D eigenvalue weighted by Crippen LogP contribution is 2.20. The molecule has 0 aromatic rings. The topological polar surface area (TPSA) is 30.5 Å². The summed E-state index contributed by atoms with van der Waals surface area (Å²) in [6.45, 7) is 5.88. The average molecular weight is 210 g/mol. The van der Waals surface area contributed by atoms with Gasteiger partial charge in [-0.3, -0.25) is 5.32 Å². The standard InChI is InChI=1S/C9H19NO2.ClH/c1-8-7-12-9(2,10-8)5-4-6-11-3;/h8,10H,4-7H2,1-3H3;1H. The van der Waals surface area contributed by atoms with Gasteiger partial charge >= 0.3 is 0 Å². The summed E-state index contributed by atoms with van der Waals surface area (Å²) in [5.41, 5.74) is -0.113. The van der Waals surface area contributed by atoms with Crippen molar-refractivity contribution in [1.82, 2.24) is 5.32 Å². The highest BCUT2D eigenvalue weighted by atomic mass is 35.5. The molecule has 0 saturated carbocycles. The summed E-state index contributed by atoms with van der Waals surface area (Å²) >= 11 is 0. The Hall–Kier alpha value is 0.170. The van der Waals surface area contributed by atoms with E-state index in [1.807, 2.05) is 0 Å². The second-order valence-corrected chi connectivity index (χ2v) is 3.68. The van der Waals surface area contributed by atoms with Crippen LogP contribution >= 0.6 is 12.4 Å². The largest absolute Gasteiger partial charge is 0.385 e. The van der Waals surface area contributed by atoms with E-state index in [1.165, 1.54) is 0 Å². The van der Waals surface area contributed by atoms with Crippen LogP contribution in [0, 0.1) is 0 Å². The maximum Gasteiger partial charge on any atom is 0.116 e. The predicted octanol–water partition coefficient (Wildman–Crippen LogP) is 1.56. The molecule has 0 aromatic carbocycles. The zero-order valence-electron chi connectivity index (χ0n) is 8.63. The van der Waals surface area contributed by atoms with Gasteiger partial charge in [0.15, 0.2) is 0 Å². The summed E-state index contributed by atoms with van der Waals surface area (Å²) in [6.07, 6.45) is 2.07. The van der Waals surface area contributed by atoms with Gasteiger partial charge in [0.1, 0.15) is 5.72 Å². The number of hydrogen-bond donors (Lipinski definition) is 1. The molecule has 1 aliphatic rings. The molecule has 2 unspecified atom stereocenters. The van der Waals surface area contributed by atoms with E-state index in [0.717, 1.165) is 26.1 Å². The summed E-state index contributed by atoms with van der Waals surface area (Å²) in [5, 5.41) is 3.41. The zero-order chi connectivity index (χ0) is 9.03. The van der Waals surface area contributed by atoms with Gasteiger partial charge in [0.25, 0.3) is 0 Å². The third-order valence-electron chi connectivity index (χ3n) is 2.21. The Kier molecular flexibility index (Phi) is 5.88. The van der Waals surface area contributed by atoms with Crippen LogP contribution in [0.5, 0.6) is 0 Å². The van der Waals surface area contributed by atoms with Crippen LogP contribution in [0.25, 0.3) is 0 Å². The predicted molar refractivity (Wildman–Crippen MR) is 55.3 cm³/mol. The van der Waals surface area contributed by atoms with E-state index in [9.17, 15) is 0 Å². The molecule has 0 radical (unpaired) electrons. The molecule has 1 N–H and O–H groups in total. The van der Waals surface area contributed by atoms with Gasteiger partial charge in [0, 0.05) is 19.8 Å². The van der Waals surface area contributed by atoms with Gasteiger partial charge in [0.05, 0.1) is 6.61 Å². The van der Waals surface area contributed by atoms with E-state index in [4.69, 9.17) is 9.47 Å². The maximum atomic E-state index is 5.63. The Morgan fingerprint density at radius 2 is 2.31 bits per heavy atom. The van der Waals surface area contributed by atoms with E-state index in [1.54, 1.807) is 7.11 Å². The fraction of sp³-hybridized carbons (Fsp3) is 1.00. The number of halogens is 1. The van der Waals surface area contributed by atoms with Crippen LogP contribution in [0.1, 0.15) is 26.7 Å². The van der Waals surface area contributed by atoms with Gasteiger partial charge in [0.2, 0.25) is 0 Å². The SMILES string of the molecule is COCCCC1(C)NC(C)CO1.Cl. The first-order chi connectivity index (χ1) is 5.66. The van der Waals surface area contributed by atoms with Crippen molar-refractivity contribution in [2.24, 2.45) is 0 Å². The number of nitrogens with one attached hydrogen (secondary N) is 1. The van der Waals surface area contributed by atoms with Crippen LogP contribution in [0.15, 0.2) is 0 Å². The third-order valence-corrected chi connectivity index (χ3v) is 2.21. The Labute approximate surface area is 86.6 Å². The first-order valence-corrected chi connectivity index (χ1v) is 4.57. The van der Waals surface area contributed by atoms with Crippen LogP contribution in [0.3, 0.4) is 0 Å². The van der Waals surface area contributed by atoms with Crippen molar-refractivity contribution < 1.29 is 9.47 Å². The summed E-state index contributed by atoms with van der Waals surface area (Å²) in [6, 6.07) is 0.484. The third kappa shape index (κ3) is 4.27. The van der Waals surface area contributed by atoms with Gasteiger partial charge < -0.3 is 9.47 Å². The normalized spacial score (nSPS) is 33.0. The van der Waals surface area contributed by atoms with Gasteiger partial charge in [-0.15, -0.1) is 12.4 Å². The number of hydrogen-bond acceptors (Lipinski definition) is 3. The number of methoxy groups -OCH3 is 1. The van der Waals surface area contributed by atoms with Crippen molar-refractivity contribution in [2.75, 3.05) is 20.3 Å². The Morgan fingerprint density at radius 1 is 1.62 bits per heavy atom. The molecule has 1 rings (SSSR count). The average Bonchev–Trinajstić information content (AvgIpc) is 2.32. The fourth-order valence-electron chi connectivity index (χ4n) is 1.61. The first kappa shape index (κ1) is 13.2. The van der Waals surface area contributed by atoms with E-state index in [-0.39, 0.29) is 18.1 Å². The van der Waals surface area contributed by atoms with Crippen molar-refractivity contribution in [2.45, 2.75) is 38.5 Å². The Morgan fingerprint density at radius 3 is 2.77 bits per heavy atom. The van der Waals surface area contributed by atoms with Crippen LogP contribution in [0.4, 0.5) is 0 Å². The van der Waals surface area contributed by atoms with Gasteiger partial charge in [-0.25, -0.2) is 0 Å². The second kappa shape index (κ2) is 5.81. The van der Waals surface area contributed by atoms with Crippen molar-refractivity contribution in [3.63, 3.8) is 0 Å². The molecule has 0 spiro atoms. The summed E-state index contributed by atoms with van der Waals surface area (Å²) in [4.78, 5) is 0. The molecule has 2 atom stereocenters. The highest BCUT2D eigenvalue weighted by molar-refractivity contribution is 5.85. The molecule has 1 aliphatic heterocycles. The van der Waals surface area contributed by atoms with Crippen LogP contribution in [-0.4, -0.2) is 32.1 Å². The highest BCUT2D eigenvalue weighted by Gasteiger charge is 2.32. The molecular formula is C9H20ClNO2. The smallest absolute Gasteiger partial charge is 0.116 e. The molecule has 0 aliphatic carbocycles. The molecule has 3 nitrogen and oxygen atoms in total. The lowest BCUT2D eigenvalue weighted by Crippen LogP contribution is -2.40. The van der Waals surface area contributed by atoms with Gasteiger partial charge in [-0.1, -0.05) is 0 Å². The molecule has 1 heterocycles. The molecule has 13 heavy (non-hydrogen) atoms. The molecule has 4 heteroatoms.